The smallest absolute Gasteiger partial charge is 0.305 e. The average Bonchev–Trinajstić information content (AvgIpc) is 3.23. The van der Waals surface area contributed by atoms with Crippen molar-refractivity contribution in [2.75, 3.05) is 5.32 Å². The Bertz CT molecular complexity index is 1380. The van der Waals surface area contributed by atoms with Crippen LogP contribution in [-0.4, -0.2) is 32.8 Å². The van der Waals surface area contributed by atoms with Crippen LogP contribution < -0.4 is 5.32 Å². The highest BCUT2D eigenvalue weighted by Gasteiger charge is 2.29. The van der Waals surface area contributed by atoms with Gasteiger partial charge in [0.25, 0.3) is 5.91 Å². The number of carboxylic acid groups (broad SMARTS) is 1. The zero-order chi connectivity index (χ0) is 27.1. The molecule has 0 saturated heterocycles. The number of halogens is 1. The SMILES string of the molecule is CCCc1c(C(=O)Nc2ccccc2)c(-c2ccccc2)c(-c2ccc(F)cc2)n1CCC(O)CC(=O)O. The highest BCUT2D eigenvalue weighted by molar-refractivity contribution is 6.12. The van der Waals surface area contributed by atoms with E-state index in [1.807, 2.05) is 72.2 Å². The van der Waals surface area contributed by atoms with Crippen LogP contribution in [0, 0.1) is 5.82 Å². The number of para-hydroxylation sites is 1. The molecule has 0 saturated carbocycles. The van der Waals surface area contributed by atoms with Gasteiger partial charge in [-0.1, -0.05) is 61.9 Å². The summed E-state index contributed by atoms with van der Waals surface area (Å²) in [6, 6.07) is 24.9. The highest BCUT2D eigenvalue weighted by Crippen LogP contribution is 2.41. The van der Waals surface area contributed by atoms with Crippen LogP contribution in [0.15, 0.2) is 84.9 Å². The van der Waals surface area contributed by atoms with E-state index in [0.29, 0.717) is 28.8 Å². The van der Waals surface area contributed by atoms with E-state index >= 15 is 0 Å². The molecule has 1 atom stereocenters. The van der Waals surface area contributed by atoms with Crippen LogP contribution in [0.2, 0.25) is 0 Å². The number of rotatable bonds is 11. The lowest BCUT2D eigenvalue weighted by Crippen LogP contribution is -2.18. The largest absolute Gasteiger partial charge is 0.481 e. The van der Waals surface area contributed by atoms with Crippen molar-refractivity contribution in [2.45, 2.75) is 45.3 Å². The molecule has 0 radical (unpaired) electrons. The molecule has 7 heteroatoms. The van der Waals surface area contributed by atoms with Gasteiger partial charge in [-0.25, -0.2) is 4.39 Å². The predicted octanol–water partition coefficient (Wildman–Crippen LogP) is 6.39. The second-order valence-electron chi connectivity index (χ2n) is 9.18. The van der Waals surface area contributed by atoms with Crippen molar-refractivity contribution in [3.8, 4) is 22.4 Å². The van der Waals surface area contributed by atoms with Crippen molar-refractivity contribution in [1.82, 2.24) is 4.57 Å². The molecule has 3 aromatic carbocycles. The molecule has 0 bridgehead atoms. The summed E-state index contributed by atoms with van der Waals surface area (Å²) in [4.78, 5) is 25.1. The van der Waals surface area contributed by atoms with E-state index < -0.39 is 12.1 Å². The number of carboxylic acids is 1. The Morgan fingerprint density at radius 3 is 2.16 bits per heavy atom. The number of aliphatic hydroxyl groups excluding tert-OH is 1. The fourth-order valence-electron chi connectivity index (χ4n) is 4.75. The van der Waals surface area contributed by atoms with Crippen LogP contribution in [0.4, 0.5) is 10.1 Å². The molecule has 0 fully saturated rings. The van der Waals surface area contributed by atoms with Crippen molar-refractivity contribution < 1.29 is 24.2 Å². The summed E-state index contributed by atoms with van der Waals surface area (Å²) in [5.41, 5.74) is 4.92. The number of carbonyl (C=O) groups is 2. The summed E-state index contributed by atoms with van der Waals surface area (Å²) in [7, 11) is 0. The zero-order valence-electron chi connectivity index (χ0n) is 21.2. The van der Waals surface area contributed by atoms with Crippen LogP contribution in [0.3, 0.4) is 0 Å². The summed E-state index contributed by atoms with van der Waals surface area (Å²) in [5, 5.41) is 22.5. The molecular weight excluding hydrogens is 483 g/mol. The Morgan fingerprint density at radius 1 is 0.921 bits per heavy atom. The maximum atomic E-state index is 13.9. The van der Waals surface area contributed by atoms with Crippen LogP contribution in [0.5, 0.6) is 0 Å². The maximum Gasteiger partial charge on any atom is 0.305 e. The number of hydrogen-bond acceptors (Lipinski definition) is 3. The number of aliphatic carboxylic acids is 1. The molecule has 1 unspecified atom stereocenters. The van der Waals surface area contributed by atoms with Gasteiger partial charge in [0.15, 0.2) is 0 Å². The van der Waals surface area contributed by atoms with Gasteiger partial charge in [-0.05, 0) is 60.4 Å². The number of carbonyl (C=O) groups excluding carboxylic acids is 1. The summed E-state index contributed by atoms with van der Waals surface area (Å²) < 4.78 is 15.9. The zero-order valence-corrected chi connectivity index (χ0v) is 21.2. The van der Waals surface area contributed by atoms with Crippen LogP contribution >= 0.6 is 0 Å². The van der Waals surface area contributed by atoms with Crippen molar-refractivity contribution in [3.05, 3.63) is 102 Å². The quantitative estimate of drug-likeness (QED) is 0.216. The van der Waals surface area contributed by atoms with E-state index in [-0.39, 0.29) is 31.1 Å². The summed E-state index contributed by atoms with van der Waals surface area (Å²) in [6.07, 6.45) is 0.0910. The topological polar surface area (TPSA) is 91.6 Å². The van der Waals surface area contributed by atoms with E-state index in [1.165, 1.54) is 12.1 Å². The number of aliphatic hydroxyl groups is 1. The minimum absolute atomic E-state index is 0.180. The highest BCUT2D eigenvalue weighted by atomic mass is 19.1. The molecule has 6 nitrogen and oxygen atoms in total. The number of aromatic nitrogens is 1. The molecule has 1 amide bonds. The molecule has 1 heterocycles. The monoisotopic (exact) mass is 514 g/mol. The number of anilines is 1. The standard InChI is InChI=1S/C31H31FN2O4/c1-2-9-26-29(31(38)33-24-12-7-4-8-13-24)28(21-10-5-3-6-11-21)30(22-14-16-23(32)17-15-22)34(26)19-18-25(35)20-27(36)37/h3-8,10-17,25,35H,2,9,18-20H2,1H3,(H,33,38)(H,36,37). The summed E-state index contributed by atoms with van der Waals surface area (Å²) >= 11 is 0. The average molecular weight is 515 g/mol. The molecule has 1 aromatic heterocycles. The Labute approximate surface area is 221 Å². The van der Waals surface area contributed by atoms with Crippen molar-refractivity contribution in [3.63, 3.8) is 0 Å². The van der Waals surface area contributed by atoms with Crippen LogP contribution in [-0.2, 0) is 17.8 Å². The molecule has 0 aliphatic heterocycles. The molecule has 4 aromatic rings. The van der Waals surface area contributed by atoms with E-state index in [4.69, 9.17) is 5.11 Å². The molecule has 0 aliphatic carbocycles. The third-order valence-corrected chi connectivity index (χ3v) is 6.39. The van der Waals surface area contributed by atoms with Gasteiger partial charge in [-0.3, -0.25) is 9.59 Å². The summed E-state index contributed by atoms with van der Waals surface area (Å²) in [6.45, 7) is 2.31. The lowest BCUT2D eigenvalue weighted by molar-refractivity contribution is -0.139. The van der Waals surface area contributed by atoms with Gasteiger partial charge in [-0.15, -0.1) is 0 Å². The third kappa shape index (κ3) is 6.18. The molecule has 3 N–H and O–H groups in total. The first-order valence-corrected chi connectivity index (χ1v) is 12.7. The van der Waals surface area contributed by atoms with Gasteiger partial charge < -0.3 is 20.1 Å². The predicted molar refractivity (Wildman–Crippen MR) is 147 cm³/mol. The first-order chi connectivity index (χ1) is 18.4. The molecule has 0 aliphatic rings. The number of nitrogens with zero attached hydrogens (tertiary/aromatic N) is 1. The maximum absolute atomic E-state index is 13.9. The van der Waals surface area contributed by atoms with E-state index in [9.17, 15) is 19.1 Å². The second kappa shape index (κ2) is 12.3. The fourth-order valence-corrected chi connectivity index (χ4v) is 4.75. The van der Waals surface area contributed by atoms with E-state index in [2.05, 4.69) is 5.32 Å². The number of hydrogen-bond donors (Lipinski definition) is 3. The second-order valence-corrected chi connectivity index (χ2v) is 9.18. The van der Waals surface area contributed by atoms with Gasteiger partial charge >= 0.3 is 5.97 Å². The molecule has 38 heavy (non-hydrogen) atoms. The van der Waals surface area contributed by atoms with Gasteiger partial charge in [0.2, 0.25) is 0 Å². The van der Waals surface area contributed by atoms with Gasteiger partial charge in [0, 0.05) is 23.5 Å². The minimum Gasteiger partial charge on any atom is -0.481 e. The third-order valence-electron chi connectivity index (χ3n) is 6.39. The van der Waals surface area contributed by atoms with Crippen molar-refractivity contribution >= 4 is 17.6 Å². The lowest BCUT2D eigenvalue weighted by atomic mass is 9.95. The molecule has 0 spiro atoms. The number of nitrogens with one attached hydrogen (secondary N) is 1. The Hall–Kier alpha value is -4.23. The van der Waals surface area contributed by atoms with Gasteiger partial charge in [0.1, 0.15) is 5.82 Å². The number of benzene rings is 3. The lowest BCUT2D eigenvalue weighted by Gasteiger charge is -2.17. The van der Waals surface area contributed by atoms with Crippen LogP contribution in [0.25, 0.3) is 22.4 Å². The Balaban J connectivity index is 1.96. The van der Waals surface area contributed by atoms with E-state index in [1.54, 1.807) is 12.1 Å². The Kier molecular flexibility index (Phi) is 8.71. The first-order valence-electron chi connectivity index (χ1n) is 12.7. The van der Waals surface area contributed by atoms with E-state index in [0.717, 1.165) is 23.4 Å². The normalized spacial score (nSPS) is 11.8. The van der Waals surface area contributed by atoms with Gasteiger partial charge in [0.05, 0.1) is 23.8 Å². The molecule has 196 valence electrons. The summed E-state index contributed by atoms with van der Waals surface area (Å²) in [5.74, 6) is -1.72. The van der Waals surface area contributed by atoms with Gasteiger partial charge in [-0.2, -0.15) is 0 Å². The number of amides is 1. The Morgan fingerprint density at radius 2 is 1.55 bits per heavy atom. The van der Waals surface area contributed by atoms with Crippen LogP contribution in [0.1, 0.15) is 42.2 Å². The first kappa shape index (κ1) is 26.8. The molecular formula is C31H31FN2O4. The van der Waals surface area contributed by atoms with Crippen molar-refractivity contribution in [1.29, 1.82) is 0 Å². The fraction of sp³-hybridized carbons (Fsp3) is 0.226. The molecule has 4 rings (SSSR count). The van der Waals surface area contributed by atoms with Crippen molar-refractivity contribution in [2.24, 2.45) is 0 Å². The minimum atomic E-state index is -1.08.